The van der Waals surface area contributed by atoms with Crippen molar-refractivity contribution in [2.45, 2.75) is 0 Å². The zero-order valence-corrected chi connectivity index (χ0v) is 12.4. The molecule has 10 heteroatoms. The van der Waals surface area contributed by atoms with E-state index in [4.69, 9.17) is 35.7 Å². The maximum Gasteiger partial charge on any atom is 0.335 e. The summed E-state index contributed by atoms with van der Waals surface area (Å²) in [5, 5.41) is 59.8. The minimum absolute atomic E-state index is 0.368. The van der Waals surface area contributed by atoms with Crippen molar-refractivity contribution >= 4 is 17.9 Å². The van der Waals surface area contributed by atoms with Gasteiger partial charge in [0, 0.05) is 0 Å². The lowest BCUT2D eigenvalue weighted by atomic mass is 9.93. The van der Waals surface area contributed by atoms with Crippen LogP contribution in [0.5, 0.6) is 0 Å². The molecule has 0 fully saturated rings. The van der Waals surface area contributed by atoms with Crippen LogP contribution in [0.3, 0.4) is 0 Å². The number of aliphatic hydroxyl groups is 4. The molecule has 0 aliphatic rings. The van der Waals surface area contributed by atoms with Gasteiger partial charge in [-0.15, -0.1) is 0 Å². The van der Waals surface area contributed by atoms with Crippen molar-refractivity contribution in [3.63, 3.8) is 0 Å². The van der Waals surface area contributed by atoms with Gasteiger partial charge in [0.2, 0.25) is 0 Å². The van der Waals surface area contributed by atoms with Crippen LogP contribution in [-0.2, 0) is 0 Å². The first kappa shape index (κ1) is 21.5. The second kappa shape index (κ2) is 9.57. The maximum absolute atomic E-state index is 10.6. The standard InChI is InChI=1S/C9H6O6.C5H12O4/c10-7(11)4-1-5(8(12)13)3-6(2-4)9(14)15;6-1-5(2-7,3-8)4-9/h1-3H,(H,10,11)(H,12,13)(H,14,15);6-9H,1-4H2. The molecular weight excluding hydrogens is 328 g/mol. The summed E-state index contributed by atoms with van der Waals surface area (Å²) in [5.41, 5.74) is -2.22. The number of carbonyl (C=O) groups is 3. The molecule has 0 spiro atoms. The van der Waals surface area contributed by atoms with Crippen LogP contribution in [0.25, 0.3) is 0 Å². The molecule has 7 N–H and O–H groups in total. The lowest BCUT2D eigenvalue weighted by Crippen LogP contribution is -2.37. The molecule has 1 aromatic rings. The fraction of sp³-hybridized carbons (Fsp3) is 0.357. The highest BCUT2D eigenvalue weighted by atomic mass is 16.4. The summed E-state index contributed by atoms with van der Waals surface area (Å²) in [7, 11) is 0. The fourth-order valence-corrected chi connectivity index (χ4v) is 1.30. The lowest BCUT2D eigenvalue weighted by Gasteiger charge is -2.23. The third kappa shape index (κ3) is 5.93. The summed E-state index contributed by atoms with van der Waals surface area (Å²) in [6, 6.07) is 2.70. The van der Waals surface area contributed by atoms with E-state index in [0.29, 0.717) is 0 Å². The number of rotatable bonds is 7. The van der Waals surface area contributed by atoms with E-state index in [2.05, 4.69) is 0 Å². The molecular formula is C14H18O10. The molecule has 0 aliphatic heterocycles. The van der Waals surface area contributed by atoms with E-state index >= 15 is 0 Å². The Kier molecular flexibility index (Phi) is 8.56. The molecule has 0 amide bonds. The zero-order chi connectivity index (χ0) is 18.9. The van der Waals surface area contributed by atoms with Crippen LogP contribution < -0.4 is 0 Å². The molecule has 0 aromatic heterocycles. The summed E-state index contributed by atoms with van der Waals surface area (Å²) in [5.74, 6) is -4.12. The molecule has 1 aromatic carbocycles. The highest BCUT2D eigenvalue weighted by Gasteiger charge is 2.26. The van der Waals surface area contributed by atoms with Crippen molar-refractivity contribution in [3.8, 4) is 0 Å². The SMILES string of the molecule is O=C(O)c1cc(C(=O)O)cc(C(=O)O)c1.OCC(CO)(CO)CO. The maximum atomic E-state index is 10.6. The first-order chi connectivity index (χ1) is 11.2. The summed E-state index contributed by atoms with van der Waals surface area (Å²) in [6.07, 6.45) is 0. The Bertz CT molecular complexity index is 495. The number of hydrogen-bond donors (Lipinski definition) is 7. The highest BCUT2D eigenvalue weighted by molar-refractivity contribution is 5.98. The van der Waals surface area contributed by atoms with Gasteiger partial charge in [-0.2, -0.15) is 0 Å². The van der Waals surface area contributed by atoms with Gasteiger partial charge >= 0.3 is 17.9 Å². The Hall–Kier alpha value is -2.53. The third-order valence-corrected chi connectivity index (χ3v) is 3.02. The predicted molar refractivity (Wildman–Crippen MR) is 78.1 cm³/mol. The molecule has 0 radical (unpaired) electrons. The Balaban J connectivity index is 0.000000506. The van der Waals surface area contributed by atoms with E-state index in [1.165, 1.54) is 0 Å². The van der Waals surface area contributed by atoms with Crippen molar-refractivity contribution in [2.75, 3.05) is 26.4 Å². The Morgan fingerprint density at radius 1 is 0.625 bits per heavy atom. The number of aliphatic hydroxyl groups excluding tert-OH is 4. The van der Waals surface area contributed by atoms with Gasteiger partial charge in [0.05, 0.1) is 48.5 Å². The normalized spacial score (nSPS) is 10.5. The van der Waals surface area contributed by atoms with E-state index in [0.717, 1.165) is 18.2 Å². The fourth-order valence-electron chi connectivity index (χ4n) is 1.30. The van der Waals surface area contributed by atoms with E-state index in [9.17, 15) is 14.4 Å². The molecule has 0 saturated heterocycles. The average molecular weight is 346 g/mol. The van der Waals surface area contributed by atoms with Gasteiger partial charge in [0.25, 0.3) is 0 Å². The minimum atomic E-state index is -1.37. The third-order valence-electron chi connectivity index (χ3n) is 3.02. The summed E-state index contributed by atoms with van der Waals surface area (Å²) < 4.78 is 0. The first-order valence-electron chi connectivity index (χ1n) is 6.44. The van der Waals surface area contributed by atoms with E-state index in [-0.39, 0.29) is 16.7 Å². The van der Waals surface area contributed by atoms with Crippen molar-refractivity contribution in [2.24, 2.45) is 5.41 Å². The molecule has 10 nitrogen and oxygen atoms in total. The van der Waals surface area contributed by atoms with E-state index in [1.807, 2.05) is 0 Å². The molecule has 0 bridgehead atoms. The molecule has 0 saturated carbocycles. The molecule has 0 aliphatic carbocycles. The van der Waals surface area contributed by atoms with Crippen LogP contribution in [0.4, 0.5) is 0 Å². The smallest absolute Gasteiger partial charge is 0.335 e. The number of hydrogen-bond acceptors (Lipinski definition) is 7. The topological polar surface area (TPSA) is 193 Å². The number of carboxylic acids is 3. The van der Waals surface area contributed by atoms with Gasteiger partial charge in [0.15, 0.2) is 0 Å². The Labute approximate surface area is 135 Å². The number of carboxylic acid groups (broad SMARTS) is 3. The number of aromatic carboxylic acids is 3. The van der Waals surface area contributed by atoms with Gasteiger partial charge in [-0.1, -0.05) is 0 Å². The van der Waals surface area contributed by atoms with E-state index < -0.39 is 49.8 Å². The van der Waals surface area contributed by atoms with Crippen LogP contribution >= 0.6 is 0 Å². The largest absolute Gasteiger partial charge is 0.478 e. The van der Waals surface area contributed by atoms with Gasteiger partial charge in [-0.05, 0) is 18.2 Å². The predicted octanol–water partition coefficient (Wildman–Crippen LogP) is -1.28. The zero-order valence-electron chi connectivity index (χ0n) is 12.4. The van der Waals surface area contributed by atoms with Crippen LogP contribution in [-0.4, -0.2) is 80.1 Å². The Morgan fingerprint density at radius 3 is 0.917 bits per heavy atom. The van der Waals surface area contributed by atoms with Crippen LogP contribution in [0, 0.1) is 5.41 Å². The monoisotopic (exact) mass is 346 g/mol. The molecule has 134 valence electrons. The van der Waals surface area contributed by atoms with Gasteiger partial charge < -0.3 is 35.7 Å². The second-order valence-corrected chi connectivity index (χ2v) is 4.85. The molecule has 24 heavy (non-hydrogen) atoms. The minimum Gasteiger partial charge on any atom is -0.478 e. The highest BCUT2D eigenvalue weighted by Crippen LogP contribution is 2.12. The average Bonchev–Trinajstić information content (AvgIpc) is 2.57. The number of benzene rings is 1. The summed E-state index contributed by atoms with van der Waals surface area (Å²) in [6.45, 7) is -1.62. The second-order valence-electron chi connectivity index (χ2n) is 4.85. The first-order valence-corrected chi connectivity index (χ1v) is 6.44. The van der Waals surface area contributed by atoms with Crippen molar-refractivity contribution < 1.29 is 50.1 Å². The van der Waals surface area contributed by atoms with Crippen molar-refractivity contribution in [1.29, 1.82) is 0 Å². The van der Waals surface area contributed by atoms with Crippen molar-refractivity contribution in [1.82, 2.24) is 0 Å². The summed E-state index contributed by atoms with van der Waals surface area (Å²) >= 11 is 0. The lowest BCUT2D eigenvalue weighted by molar-refractivity contribution is -0.0328. The van der Waals surface area contributed by atoms with Crippen LogP contribution in [0.15, 0.2) is 18.2 Å². The van der Waals surface area contributed by atoms with Crippen LogP contribution in [0.1, 0.15) is 31.1 Å². The quantitative estimate of drug-likeness (QED) is 0.313. The van der Waals surface area contributed by atoms with Gasteiger partial charge in [-0.25, -0.2) is 14.4 Å². The molecule has 0 heterocycles. The molecule has 1 rings (SSSR count). The van der Waals surface area contributed by atoms with Gasteiger partial charge in [0.1, 0.15) is 0 Å². The molecule has 0 atom stereocenters. The Morgan fingerprint density at radius 2 is 0.833 bits per heavy atom. The van der Waals surface area contributed by atoms with Crippen molar-refractivity contribution in [3.05, 3.63) is 34.9 Å². The van der Waals surface area contributed by atoms with Crippen LogP contribution in [0.2, 0.25) is 0 Å². The molecule has 0 unspecified atom stereocenters. The summed E-state index contributed by atoms with van der Waals surface area (Å²) in [4.78, 5) is 31.7. The van der Waals surface area contributed by atoms with Gasteiger partial charge in [-0.3, -0.25) is 0 Å². The van der Waals surface area contributed by atoms with E-state index in [1.54, 1.807) is 0 Å².